The molecule has 0 bridgehead atoms. The molecule has 0 fully saturated rings. The Kier molecular flexibility index (Phi) is 7.09. The van der Waals surface area contributed by atoms with Crippen molar-refractivity contribution in [2.24, 2.45) is 0 Å². The molecule has 0 aromatic heterocycles. The Morgan fingerprint density at radius 2 is 1.73 bits per heavy atom. The topological polar surface area (TPSA) is 29.1 Å². The zero-order valence-electron chi connectivity index (χ0n) is 11.5. The van der Waals surface area contributed by atoms with Crippen molar-refractivity contribution in [3.05, 3.63) is 70.2 Å². The van der Waals surface area contributed by atoms with Gasteiger partial charge in [-0.05, 0) is 29.8 Å². The lowest BCUT2D eigenvalue weighted by atomic mass is 10.2. The zero-order valence-corrected chi connectivity index (χ0v) is 15.4. The van der Waals surface area contributed by atoms with E-state index in [9.17, 15) is 4.79 Å². The van der Waals surface area contributed by atoms with Gasteiger partial charge < -0.3 is 5.32 Å². The minimum Gasteiger partial charge on any atom is -0.337 e. The third kappa shape index (κ3) is 5.51. The number of halogens is 3. The third-order valence-electron chi connectivity index (χ3n) is 2.88. The first-order chi connectivity index (χ1) is 10.6. The van der Waals surface area contributed by atoms with Gasteiger partial charge in [-0.15, -0.1) is 35.0 Å². The van der Waals surface area contributed by atoms with Crippen LogP contribution < -0.4 is 5.32 Å². The maximum atomic E-state index is 12.2. The molecule has 0 aliphatic rings. The van der Waals surface area contributed by atoms with E-state index in [1.165, 1.54) is 11.8 Å². The van der Waals surface area contributed by atoms with E-state index in [-0.39, 0.29) is 11.3 Å². The van der Waals surface area contributed by atoms with Crippen molar-refractivity contribution in [3.8, 4) is 0 Å². The molecule has 0 aliphatic heterocycles. The van der Waals surface area contributed by atoms with E-state index in [0.717, 1.165) is 15.8 Å². The minimum atomic E-state index is -0.687. The SMILES string of the molecule is O=C(NC(SCc1ccccc1)C(Cl)Cl)c1ccc(Br)cc1. The van der Waals surface area contributed by atoms with Gasteiger partial charge in [0.15, 0.2) is 0 Å². The number of hydrogen-bond donors (Lipinski definition) is 1. The molecule has 1 unspecified atom stereocenters. The fourth-order valence-corrected chi connectivity index (χ4v) is 3.48. The number of alkyl halides is 2. The molecule has 116 valence electrons. The fraction of sp³-hybridized carbons (Fsp3) is 0.188. The number of carbonyl (C=O) groups is 1. The van der Waals surface area contributed by atoms with Crippen molar-refractivity contribution in [2.45, 2.75) is 16.0 Å². The number of benzene rings is 2. The Labute approximate surface area is 152 Å². The van der Waals surface area contributed by atoms with Gasteiger partial charge >= 0.3 is 0 Å². The van der Waals surface area contributed by atoms with E-state index in [0.29, 0.717) is 5.56 Å². The van der Waals surface area contributed by atoms with Gasteiger partial charge in [-0.1, -0.05) is 46.3 Å². The summed E-state index contributed by atoms with van der Waals surface area (Å²) in [5.41, 5.74) is 1.73. The number of nitrogens with one attached hydrogen (secondary N) is 1. The molecule has 1 atom stereocenters. The number of rotatable bonds is 6. The third-order valence-corrected chi connectivity index (χ3v) is 5.46. The van der Waals surface area contributed by atoms with Crippen LogP contribution >= 0.6 is 50.9 Å². The highest BCUT2D eigenvalue weighted by molar-refractivity contribution is 9.10. The van der Waals surface area contributed by atoms with E-state index in [1.54, 1.807) is 12.1 Å². The van der Waals surface area contributed by atoms with E-state index in [2.05, 4.69) is 21.2 Å². The number of hydrogen-bond acceptors (Lipinski definition) is 2. The monoisotopic (exact) mass is 417 g/mol. The standard InChI is InChI=1S/C16H14BrCl2NOS/c17-13-8-6-12(7-9-13)15(21)20-16(14(18)19)22-10-11-4-2-1-3-5-11/h1-9,14,16H,10H2,(H,20,21). The van der Waals surface area contributed by atoms with Crippen LogP contribution in [0.5, 0.6) is 0 Å². The Morgan fingerprint density at radius 1 is 1.09 bits per heavy atom. The van der Waals surface area contributed by atoms with Crippen molar-refractivity contribution >= 4 is 56.8 Å². The number of thioether (sulfide) groups is 1. The van der Waals surface area contributed by atoms with Gasteiger partial charge in [-0.3, -0.25) is 4.79 Å². The molecule has 22 heavy (non-hydrogen) atoms. The van der Waals surface area contributed by atoms with Crippen LogP contribution in [-0.2, 0) is 5.75 Å². The minimum absolute atomic E-state index is 0.190. The quantitative estimate of drug-likeness (QED) is 0.513. The Bertz CT molecular complexity index is 607. The van der Waals surface area contributed by atoms with E-state index < -0.39 is 4.84 Å². The molecule has 0 spiro atoms. The van der Waals surface area contributed by atoms with Gasteiger partial charge in [0.1, 0.15) is 10.2 Å². The molecule has 0 heterocycles. The average Bonchev–Trinajstić information content (AvgIpc) is 2.52. The van der Waals surface area contributed by atoms with Crippen LogP contribution in [-0.4, -0.2) is 16.1 Å². The molecule has 0 aliphatic carbocycles. The maximum Gasteiger partial charge on any atom is 0.252 e. The molecule has 0 saturated heterocycles. The van der Waals surface area contributed by atoms with Crippen molar-refractivity contribution in [1.82, 2.24) is 5.32 Å². The fourth-order valence-electron chi connectivity index (χ4n) is 1.75. The normalized spacial score (nSPS) is 12.2. The van der Waals surface area contributed by atoms with Crippen molar-refractivity contribution in [2.75, 3.05) is 0 Å². The molecule has 2 rings (SSSR count). The van der Waals surface area contributed by atoms with Gasteiger partial charge in [0.25, 0.3) is 5.91 Å². The summed E-state index contributed by atoms with van der Waals surface area (Å²) in [4.78, 5) is 11.5. The molecule has 2 aromatic rings. The second-order valence-corrected chi connectivity index (χ2v) is 7.74. The van der Waals surface area contributed by atoms with Gasteiger partial charge in [0.05, 0.1) is 0 Å². The van der Waals surface area contributed by atoms with Gasteiger partial charge in [-0.25, -0.2) is 0 Å². The lowest BCUT2D eigenvalue weighted by Crippen LogP contribution is -2.36. The summed E-state index contributed by atoms with van der Waals surface area (Å²) in [5, 5.41) is 2.49. The molecular formula is C16H14BrCl2NOS. The van der Waals surface area contributed by atoms with Crippen LogP contribution in [0.15, 0.2) is 59.1 Å². The largest absolute Gasteiger partial charge is 0.337 e. The van der Waals surface area contributed by atoms with Crippen LogP contribution in [0.3, 0.4) is 0 Å². The zero-order chi connectivity index (χ0) is 15.9. The second kappa shape index (κ2) is 8.82. The summed E-state index contributed by atoms with van der Waals surface area (Å²) in [5.74, 6) is 0.534. The lowest BCUT2D eigenvalue weighted by molar-refractivity contribution is 0.0951. The van der Waals surface area contributed by atoms with Crippen LogP contribution in [0.25, 0.3) is 0 Å². The highest BCUT2D eigenvalue weighted by atomic mass is 79.9. The van der Waals surface area contributed by atoms with Crippen LogP contribution in [0.1, 0.15) is 15.9 Å². The van der Waals surface area contributed by atoms with E-state index >= 15 is 0 Å². The van der Waals surface area contributed by atoms with E-state index in [1.807, 2.05) is 42.5 Å². The smallest absolute Gasteiger partial charge is 0.252 e. The van der Waals surface area contributed by atoms with E-state index in [4.69, 9.17) is 23.2 Å². The highest BCUT2D eigenvalue weighted by Crippen LogP contribution is 2.24. The Morgan fingerprint density at radius 3 is 2.32 bits per heavy atom. The first-order valence-corrected chi connectivity index (χ1v) is 9.28. The number of carbonyl (C=O) groups excluding carboxylic acids is 1. The van der Waals surface area contributed by atoms with Crippen LogP contribution in [0.2, 0.25) is 0 Å². The second-order valence-electron chi connectivity index (χ2n) is 4.53. The summed E-state index contributed by atoms with van der Waals surface area (Å²) >= 11 is 16.8. The molecule has 2 nitrogen and oxygen atoms in total. The maximum absolute atomic E-state index is 12.2. The molecule has 0 saturated carbocycles. The van der Waals surface area contributed by atoms with Crippen LogP contribution in [0, 0.1) is 0 Å². The molecular weight excluding hydrogens is 405 g/mol. The Balaban J connectivity index is 1.96. The van der Waals surface area contributed by atoms with Gasteiger partial charge in [0, 0.05) is 15.8 Å². The van der Waals surface area contributed by atoms with Gasteiger partial charge in [-0.2, -0.15) is 0 Å². The first kappa shape index (κ1) is 17.7. The van der Waals surface area contributed by atoms with Crippen molar-refractivity contribution < 1.29 is 4.79 Å². The van der Waals surface area contributed by atoms with Crippen LogP contribution in [0.4, 0.5) is 0 Å². The first-order valence-electron chi connectivity index (χ1n) is 6.56. The predicted molar refractivity (Wildman–Crippen MR) is 98.6 cm³/mol. The summed E-state index contributed by atoms with van der Waals surface area (Å²) in [6.07, 6.45) is 0. The summed E-state index contributed by atoms with van der Waals surface area (Å²) in [7, 11) is 0. The van der Waals surface area contributed by atoms with Gasteiger partial charge in [0.2, 0.25) is 0 Å². The summed E-state index contributed by atoms with van der Waals surface area (Å²) in [6.45, 7) is 0. The lowest BCUT2D eigenvalue weighted by Gasteiger charge is -2.19. The molecule has 6 heteroatoms. The van der Waals surface area contributed by atoms with Crippen molar-refractivity contribution in [3.63, 3.8) is 0 Å². The summed E-state index contributed by atoms with van der Waals surface area (Å²) in [6, 6.07) is 17.1. The highest BCUT2D eigenvalue weighted by Gasteiger charge is 2.20. The molecule has 0 radical (unpaired) electrons. The average molecular weight is 419 g/mol. The predicted octanol–water partition coefficient (Wildman–Crippen LogP) is 5.24. The Hall–Kier alpha value is -0.680. The molecule has 2 aromatic carbocycles. The summed E-state index contributed by atoms with van der Waals surface area (Å²) < 4.78 is 0.923. The molecule has 1 N–H and O–H groups in total. The molecule has 1 amide bonds. The van der Waals surface area contributed by atoms with Crippen molar-refractivity contribution in [1.29, 1.82) is 0 Å². The number of amides is 1.